The molecule has 0 fully saturated rings. The number of nitrogens with one attached hydrogen (secondary N) is 1. The molecular weight excluding hydrogens is 400 g/mol. The molecule has 0 saturated heterocycles. The Labute approximate surface area is 167 Å². The summed E-state index contributed by atoms with van der Waals surface area (Å²) >= 11 is 0. The van der Waals surface area contributed by atoms with E-state index in [0.717, 1.165) is 6.07 Å². The van der Waals surface area contributed by atoms with Crippen molar-refractivity contribution >= 4 is 10.0 Å². The molecule has 1 aliphatic carbocycles. The summed E-state index contributed by atoms with van der Waals surface area (Å²) in [7, 11) is -2.11. The van der Waals surface area contributed by atoms with Gasteiger partial charge in [0.1, 0.15) is 16.4 Å². The molecule has 2 heterocycles. The van der Waals surface area contributed by atoms with Gasteiger partial charge in [0.15, 0.2) is 5.82 Å². The second-order valence-electron chi connectivity index (χ2n) is 7.24. The van der Waals surface area contributed by atoms with E-state index < -0.39 is 27.7 Å². The van der Waals surface area contributed by atoms with Crippen LogP contribution in [-0.2, 0) is 23.5 Å². The van der Waals surface area contributed by atoms with Gasteiger partial charge in [0, 0.05) is 24.4 Å². The summed E-state index contributed by atoms with van der Waals surface area (Å²) in [5.74, 6) is -1.39. The van der Waals surface area contributed by atoms with Crippen LogP contribution in [0.3, 0.4) is 0 Å². The van der Waals surface area contributed by atoms with E-state index in [1.54, 1.807) is 27.1 Å². The average molecular weight is 421 g/mol. The molecule has 2 aromatic heterocycles. The summed E-state index contributed by atoms with van der Waals surface area (Å²) in [4.78, 5) is 0.170. The van der Waals surface area contributed by atoms with E-state index in [1.807, 2.05) is 0 Å². The number of rotatable bonds is 4. The van der Waals surface area contributed by atoms with E-state index in [4.69, 9.17) is 0 Å². The van der Waals surface area contributed by atoms with E-state index in [0.29, 0.717) is 41.9 Å². The highest BCUT2D eigenvalue weighted by Crippen LogP contribution is 2.33. The van der Waals surface area contributed by atoms with Gasteiger partial charge in [-0.25, -0.2) is 26.6 Å². The standard InChI is InChI=1S/C19H21F2N5O2S/c1-11-19(12(2)25(3)23-11)29(27,28)24-16-5-4-6-17-14(16)10-22-26(17)18-8-7-13(20)9-15(18)21/h7-10,16,24H,4-6H2,1-3H3/t16-/m1/s1. The van der Waals surface area contributed by atoms with Gasteiger partial charge in [-0.05, 0) is 45.2 Å². The molecule has 29 heavy (non-hydrogen) atoms. The highest BCUT2D eigenvalue weighted by Gasteiger charge is 2.32. The lowest BCUT2D eigenvalue weighted by Gasteiger charge is -2.24. The molecule has 3 aromatic rings. The zero-order valence-corrected chi connectivity index (χ0v) is 17.1. The molecule has 0 bridgehead atoms. The molecule has 7 nitrogen and oxygen atoms in total. The Kier molecular flexibility index (Phi) is 4.78. The maximum absolute atomic E-state index is 14.2. The molecule has 0 saturated carbocycles. The number of aromatic nitrogens is 4. The van der Waals surface area contributed by atoms with Gasteiger partial charge in [-0.15, -0.1) is 0 Å². The van der Waals surface area contributed by atoms with Crippen LogP contribution >= 0.6 is 0 Å². The van der Waals surface area contributed by atoms with Crippen LogP contribution in [-0.4, -0.2) is 28.0 Å². The minimum Gasteiger partial charge on any atom is -0.271 e. The Morgan fingerprint density at radius 3 is 2.66 bits per heavy atom. The Morgan fingerprint density at radius 1 is 1.24 bits per heavy atom. The molecule has 0 aliphatic heterocycles. The van der Waals surface area contributed by atoms with Crippen LogP contribution in [0.2, 0.25) is 0 Å². The third-order valence-electron chi connectivity index (χ3n) is 5.33. The number of halogens is 2. The predicted octanol–water partition coefficient (Wildman–Crippen LogP) is 2.86. The largest absolute Gasteiger partial charge is 0.271 e. The molecule has 0 radical (unpaired) electrons. The van der Waals surface area contributed by atoms with Crippen molar-refractivity contribution < 1.29 is 17.2 Å². The smallest absolute Gasteiger partial charge is 0.244 e. The van der Waals surface area contributed by atoms with Gasteiger partial charge < -0.3 is 0 Å². The number of sulfonamides is 1. The topological polar surface area (TPSA) is 81.8 Å². The predicted molar refractivity (Wildman–Crippen MR) is 102 cm³/mol. The minimum atomic E-state index is -3.81. The number of hydrogen-bond acceptors (Lipinski definition) is 4. The molecular formula is C19H21F2N5O2S. The number of aryl methyl sites for hydroxylation is 2. The molecule has 4 rings (SSSR count). The molecule has 1 N–H and O–H groups in total. The first-order valence-electron chi connectivity index (χ1n) is 9.24. The highest BCUT2D eigenvalue weighted by molar-refractivity contribution is 7.89. The first kappa shape index (κ1) is 19.7. The Hall–Kier alpha value is -2.59. The molecule has 1 atom stereocenters. The van der Waals surface area contributed by atoms with Gasteiger partial charge in [0.05, 0.1) is 23.6 Å². The molecule has 0 spiro atoms. The van der Waals surface area contributed by atoms with E-state index in [9.17, 15) is 17.2 Å². The first-order chi connectivity index (χ1) is 13.7. The average Bonchev–Trinajstić information content (AvgIpc) is 3.16. The number of hydrogen-bond donors (Lipinski definition) is 1. The van der Waals surface area contributed by atoms with Gasteiger partial charge in [-0.3, -0.25) is 4.68 Å². The zero-order chi connectivity index (χ0) is 20.9. The lowest BCUT2D eigenvalue weighted by molar-refractivity contribution is 0.499. The van der Waals surface area contributed by atoms with E-state index >= 15 is 0 Å². The first-order valence-corrected chi connectivity index (χ1v) is 10.7. The van der Waals surface area contributed by atoms with Gasteiger partial charge in [0.25, 0.3) is 0 Å². The van der Waals surface area contributed by atoms with E-state index in [2.05, 4.69) is 14.9 Å². The Morgan fingerprint density at radius 2 is 2.00 bits per heavy atom. The van der Waals surface area contributed by atoms with Crippen LogP contribution in [0.4, 0.5) is 8.78 Å². The van der Waals surface area contributed by atoms with Gasteiger partial charge in [-0.2, -0.15) is 10.2 Å². The lowest BCUT2D eigenvalue weighted by Crippen LogP contribution is -2.31. The summed E-state index contributed by atoms with van der Waals surface area (Å²) in [6, 6.07) is 2.82. The number of nitrogens with zero attached hydrogens (tertiary/aromatic N) is 4. The van der Waals surface area contributed by atoms with Gasteiger partial charge in [0.2, 0.25) is 10.0 Å². The zero-order valence-electron chi connectivity index (χ0n) is 16.3. The van der Waals surface area contributed by atoms with Gasteiger partial charge in [-0.1, -0.05) is 0 Å². The van der Waals surface area contributed by atoms with Crippen molar-refractivity contribution in [1.29, 1.82) is 0 Å². The Bertz CT molecular complexity index is 1200. The second-order valence-corrected chi connectivity index (χ2v) is 8.89. The van der Waals surface area contributed by atoms with E-state index in [1.165, 1.54) is 21.5 Å². The van der Waals surface area contributed by atoms with Crippen LogP contribution in [0.25, 0.3) is 5.69 Å². The maximum Gasteiger partial charge on any atom is 0.244 e. The van der Waals surface area contributed by atoms with Crippen LogP contribution in [0.1, 0.15) is 41.5 Å². The molecule has 154 valence electrons. The van der Waals surface area contributed by atoms with Crippen molar-refractivity contribution in [3.63, 3.8) is 0 Å². The second kappa shape index (κ2) is 7.03. The maximum atomic E-state index is 14.2. The number of fused-ring (bicyclic) bond motifs is 1. The van der Waals surface area contributed by atoms with Crippen molar-refractivity contribution in [3.05, 3.63) is 58.7 Å². The highest BCUT2D eigenvalue weighted by atomic mass is 32.2. The summed E-state index contributed by atoms with van der Waals surface area (Å²) in [6.45, 7) is 3.36. The molecule has 0 unspecified atom stereocenters. The van der Waals surface area contributed by atoms with Crippen LogP contribution in [0.15, 0.2) is 29.3 Å². The van der Waals surface area contributed by atoms with Crippen molar-refractivity contribution in [2.45, 2.75) is 44.0 Å². The Balaban J connectivity index is 1.70. The fourth-order valence-electron chi connectivity index (χ4n) is 3.93. The summed E-state index contributed by atoms with van der Waals surface area (Å²) in [5, 5.41) is 8.44. The third-order valence-corrected chi connectivity index (χ3v) is 7.05. The van der Waals surface area contributed by atoms with Crippen LogP contribution < -0.4 is 4.72 Å². The van der Waals surface area contributed by atoms with Gasteiger partial charge >= 0.3 is 0 Å². The summed E-state index contributed by atoms with van der Waals surface area (Å²) in [5.41, 5.74) is 2.53. The molecule has 10 heteroatoms. The fraction of sp³-hybridized carbons (Fsp3) is 0.368. The van der Waals surface area contributed by atoms with E-state index in [-0.39, 0.29) is 10.6 Å². The SMILES string of the molecule is Cc1nn(C)c(C)c1S(=O)(=O)N[C@@H]1CCCc2c1cnn2-c1ccc(F)cc1F. The fourth-order valence-corrected chi connectivity index (χ4v) is 5.62. The van der Waals surface area contributed by atoms with Crippen LogP contribution in [0, 0.1) is 25.5 Å². The van der Waals surface area contributed by atoms with Crippen LogP contribution in [0.5, 0.6) is 0 Å². The summed E-state index contributed by atoms with van der Waals surface area (Å²) in [6.07, 6.45) is 3.48. The van der Waals surface area contributed by atoms with Crippen molar-refractivity contribution in [3.8, 4) is 5.69 Å². The minimum absolute atomic E-state index is 0.134. The number of benzene rings is 1. The van der Waals surface area contributed by atoms with Crippen molar-refractivity contribution in [2.75, 3.05) is 0 Å². The quantitative estimate of drug-likeness (QED) is 0.702. The molecule has 0 amide bonds. The normalized spacial score (nSPS) is 16.8. The molecule has 1 aromatic carbocycles. The third kappa shape index (κ3) is 3.36. The van der Waals surface area contributed by atoms with Crippen molar-refractivity contribution in [2.24, 2.45) is 7.05 Å². The van der Waals surface area contributed by atoms with Crippen molar-refractivity contribution in [1.82, 2.24) is 24.3 Å². The molecule has 1 aliphatic rings. The lowest BCUT2D eigenvalue weighted by atomic mass is 9.94. The summed E-state index contributed by atoms with van der Waals surface area (Å²) < 4.78 is 59.3. The monoisotopic (exact) mass is 421 g/mol.